The summed E-state index contributed by atoms with van der Waals surface area (Å²) >= 11 is 3.94. The maximum absolute atomic E-state index is 12.2. The molecule has 34 heavy (non-hydrogen) atoms. The van der Waals surface area contributed by atoms with Gasteiger partial charge in [0.15, 0.2) is 0 Å². The largest absolute Gasteiger partial charge is 0.347 e. The quantitative estimate of drug-likeness (QED) is 0.261. The summed E-state index contributed by atoms with van der Waals surface area (Å²) < 4.78 is 0. The number of carbonyl (C=O) groups is 5. The average Bonchev–Trinajstić information content (AvgIpc) is 2.81. The van der Waals surface area contributed by atoms with Crippen LogP contribution in [0.15, 0.2) is 24.3 Å². The van der Waals surface area contributed by atoms with Gasteiger partial charge in [0.25, 0.3) is 0 Å². The zero-order valence-corrected chi connectivity index (χ0v) is 21.6. The third kappa shape index (κ3) is 13.6. The lowest BCUT2D eigenvalue weighted by atomic mass is 10.1. The van der Waals surface area contributed by atoms with E-state index in [-0.39, 0.29) is 37.7 Å². The first kappa shape index (κ1) is 31.1. The van der Waals surface area contributed by atoms with Gasteiger partial charge in [0, 0.05) is 32.1 Å². The Morgan fingerprint density at radius 1 is 1.06 bits per heavy atom. The molecule has 2 unspecified atom stereocenters. The van der Waals surface area contributed by atoms with Crippen molar-refractivity contribution in [1.82, 2.24) is 15.5 Å². The smallest absolute Gasteiger partial charge is 0.246 e. The Morgan fingerprint density at radius 2 is 1.65 bits per heavy atom. The highest BCUT2D eigenvalue weighted by molar-refractivity contribution is 7.81. The van der Waals surface area contributed by atoms with E-state index in [4.69, 9.17) is 0 Å². The Balaban J connectivity index is 0.00000343. The van der Waals surface area contributed by atoms with Crippen LogP contribution in [0.1, 0.15) is 52.5 Å². The van der Waals surface area contributed by atoms with Crippen molar-refractivity contribution in [3.05, 3.63) is 29.8 Å². The van der Waals surface area contributed by atoms with Gasteiger partial charge in [-0.25, -0.2) is 0 Å². The van der Waals surface area contributed by atoms with Crippen LogP contribution in [0.5, 0.6) is 0 Å². The molecule has 0 aliphatic heterocycles. The fourth-order valence-electron chi connectivity index (χ4n) is 2.48. The molecule has 0 saturated heterocycles. The summed E-state index contributed by atoms with van der Waals surface area (Å²) in [5, 5.41) is 7.00. The molecule has 0 aromatic heterocycles. The number of benzene rings is 1. The summed E-state index contributed by atoms with van der Waals surface area (Å²) in [7, 11) is 1.52. The summed E-state index contributed by atoms with van der Waals surface area (Å²) in [5.74, 6) is -1.60. The lowest BCUT2D eigenvalue weighted by Gasteiger charge is -2.18. The number of aryl methyl sites for hydroxylation is 1. The normalized spacial score (nSPS) is 11.7. The first-order chi connectivity index (χ1) is 16.1. The SMILES string of the molecule is CCC.CCc1ccc(NC(=O)C(C)NC(=O)CNC(=O)CCN(C)C(=O)CC(S)C=O)cc1. The Labute approximate surface area is 207 Å². The van der Waals surface area contributed by atoms with Crippen molar-refractivity contribution >= 4 is 48.2 Å². The summed E-state index contributed by atoms with van der Waals surface area (Å²) in [6.07, 6.45) is 2.67. The second kappa shape index (κ2) is 17.6. The van der Waals surface area contributed by atoms with Crippen molar-refractivity contribution < 1.29 is 24.0 Å². The van der Waals surface area contributed by atoms with Crippen molar-refractivity contribution in [2.24, 2.45) is 0 Å². The monoisotopic (exact) mass is 494 g/mol. The predicted octanol–water partition coefficient (Wildman–Crippen LogP) is 1.96. The fraction of sp³-hybridized carbons (Fsp3) is 0.542. The van der Waals surface area contributed by atoms with E-state index in [0.29, 0.717) is 12.0 Å². The number of amides is 4. The van der Waals surface area contributed by atoms with Gasteiger partial charge in [-0.2, -0.15) is 12.6 Å². The zero-order chi connectivity index (χ0) is 26.1. The van der Waals surface area contributed by atoms with Crippen LogP contribution in [-0.4, -0.2) is 66.2 Å². The Morgan fingerprint density at radius 3 is 2.18 bits per heavy atom. The van der Waals surface area contributed by atoms with E-state index >= 15 is 0 Å². The van der Waals surface area contributed by atoms with Gasteiger partial charge in [0.05, 0.1) is 11.8 Å². The van der Waals surface area contributed by atoms with Crippen LogP contribution in [0.4, 0.5) is 5.69 Å². The van der Waals surface area contributed by atoms with Gasteiger partial charge in [0.2, 0.25) is 23.6 Å². The van der Waals surface area contributed by atoms with Crippen LogP contribution in [0.3, 0.4) is 0 Å². The van der Waals surface area contributed by atoms with Gasteiger partial charge in [-0.1, -0.05) is 39.3 Å². The van der Waals surface area contributed by atoms with Gasteiger partial charge in [-0.3, -0.25) is 19.2 Å². The number of carbonyl (C=O) groups excluding carboxylic acids is 5. The number of aldehydes is 1. The average molecular weight is 495 g/mol. The highest BCUT2D eigenvalue weighted by Gasteiger charge is 2.17. The highest BCUT2D eigenvalue weighted by Crippen LogP contribution is 2.10. The van der Waals surface area contributed by atoms with E-state index in [0.717, 1.165) is 12.0 Å². The summed E-state index contributed by atoms with van der Waals surface area (Å²) in [6, 6.07) is 6.63. The molecule has 0 radical (unpaired) electrons. The van der Waals surface area contributed by atoms with Gasteiger partial charge < -0.3 is 25.6 Å². The number of hydrogen-bond acceptors (Lipinski definition) is 6. The fourth-order valence-corrected chi connectivity index (χ4v) is 2.63. The van der Waals surface area contributed by atoms with E-state index < -0.39 is 23.1 Å². The second-order valence-corrected chi connectivity index (χ2v) is 8.45. The Hall–Kier alpha value is -2.88. The number of anilines is 1. The van der Waals surface area contributed by atoms with Crippen molar-refractivity contribution in [3.63, 3.8) is 0 Å². The molecule has 1 rings (SSSR count). The van der Waals surface area contributed by atoms with E-state index in [1.54, 1.807) is 19.1 Å². The lowest BCUT2D eigenvalue weighted by molar-refractivity contribution is -0.131. The number of hydrogen-bond donors (Lipinski definition) is 4. The highest BCUT2D eigenvalue weighted by atomic mass is 32.1. The van der Waals surface area contributed by atoms with E-state index in [2.05, 4.69) is 42.4 Å². The van der Waals surface area contributed by atoms with Crippen molar-refractivity contribution in [2.75, 3.05) is 25.5 Å². The molecule has 0 heterocycles. The summed E-state index contributed by atoms with van der Waals surface area (Å²) in [4.78, 5) is 59.8. The first-order valence-electron chi connectivity index (χ1n) is 11.4. The molecule has 10 heteroatoms. The molecule has 0 aliphatic carbocycles. The minimum atomic E-state index is -0.786. The molecule has 4 amide bonds. The number of nitrogens with one attached hydrogen (secondary N) is 3. The molecule has 0 aliphatic rings. The molecule has 0 spiro atoms. The molecular weight excluding hydrogens is 456 g/mol. The molecular formula is C24H38N4O5S. The molecule has 0 bridgehead atoms. The molecule has 9 nitrogen and oxygen atoms in total. The Kier molecular flexibility index (Phi) is 16.1. The maximum Gasteiger partial charge on any atom is 0.246 e. The molecule has 0 fully saturated rings. The topological polar surface area (TPSA) is 125 Å². The second-order valence-electron chi connectivity index (χ2n) is 7.79. The van der Waals surface area contributed by atoms with Crippen molar-refractivity contribution in [3.8, 4) is 0 Å². The van der Waals surface area contributed by atoms with E-state index in [1.165, 1.54) is 18.4 Å². The molecule has 0 saturated carbocycles. The van der Waals surface area contributed by atoms with Crippen LogP contribution in [-0.2, 0) is 30.4 Å². The zero-order valence-electron chi connectivity index (χ0n) is 20.7. The predicted molar refractivity (Wildman–Crippen MR) is 137 cm³/mol. The number of thiol groups is 1. The van der Waals surface area contributed by atoms with E-state index in [9.17, 15) is 24.0 Å². The van der Waals surface area contributed by atoms with E-state index in [1.807, 2.05) is 19.1 Å². The number of nitrogens with zero attached hydrogens (tertiary/aromatic N) is 1. The standard InChI is InChI=1S/C21H30N4O5S.C3H8/c1-4-15-5-7-16(8-6-15)24-21(30)14(2)23-19(28)12-22-18(27)9-10-25(3)20(29)11-17(31)13-26;1-3-2/h5-8,13-14,17,31H,4,9-12H2,1-3H3,(H,22,27)(H,23,28)(H,24,30);3H2,1-2H3. The first-order valence-corrected chi connectivity index (χ1v) is 11.9. The van der Waals surface area contributed by atoms with Gasteiger partial charge in [-0.05, 0) is 31.0 Å². The molecule has 190 valence electrons. The minimum absolute atomic E-state index is 0.00234. The number of rotatable bonds is 12. The third-order valence-electron chi connectivity index (χ3n) is 4.49. The van der Waals surface area contributed by atoms with Gasteiger partial charge in [-0.15, -0.1) is 0 Å². The van der Waals surface area contributed by atoms with Gasteiger partial charge >= 0.3 is 0 Å². The van der Waals surface area contributed by atoms with Crippen LogP contribution < -0.4 is 16.0 Å². The van der Waals surface area contributed by atoms with Crippen molar-refractivity contribution in [2.45, 2.75) is 64.7 Å². The minimum Gasteiger partial charge on any atom is -0.347 e. The van der Waals surface area contributed by atoms with Crippen LogP contribution in [0.2, 0.25) is 0 Å². The van der Waals surface area contributed by atoms with Crippen LogP contribution in [0.25, 0.3) is 0 Å². The van der Waals surface area contributed by atoms with Gasteiger partial charge in [0.1, 0.15) is 12.3 Å². The summed E-state index contributed by atoms with van der Waals surface area (Å²) in [6.45, 7) is 7.68. The third-order valence-corrected chi connectivity index (χ3v) is 4.79. The summed E-state index contributed by atoms with van der Waals surface area (Å²) in [5.41, 5.74) is 1.78. The molecule has 1 aromatic rings. The van der Waals surface area contributed by atoms with Crippen LogP contribution in [0, 0.1) is 0 Å². The molecule has 1 aromatic carbocycles. The Bertz CT molecular complexity index is 801. The lowest BCUT2D eigenvalue weighted by Crippen LogP contribution is -2.46. The maximum atomic E-state index is 12.2. The van der Waals surface area contributed by atoms with Crippen molar-refractivity contribution in [1.29, 1.82) is 0 Å². The molecule has 2 atom stereocenters. The van der Waals surface area contributed by atoms with Crippen LogP contribution >= 0.6 is 12.6 Å². The molecule has 3 N–H and O–H groups in total.